The molecule has 0 heterocycles. The molecule has 3 N–H and O–H groups in total. The zero-order valence-corrected chi connectivity index (χ0v) is 11.5. The summed E-state index contributed by atoms with van der Waals surface area (Å²) in [5, 5.41) is 21.1. The molecule has 0 saturated heterocycles. The molecule has 0 atom stereocenters. The lowest BCUT2D eigenvalue weighted by atomic mass is 10.1. The molecule has 0 aliphatic heterocycles. The molecule has 5 heteroatoms. The highest BCUT2D eigenvalue weighted by molar-refractivity contribution is 5.96. The summed E-state index contributed by atoms with van der Waals surface area (Å²) in [5.74, 6) is -1.61. The van der Waals surface area contributed by atoms with Crippen molar-refractivity contribution in [2.45, 2.75) is 13.3 Å². The fourth-order valence-corrected chi connectivity index (χ4v) is 1.95. The van der Waals surface area contributed by atoms with Crippen LogP contribution in [0.2, 0.25) is 0 Å². The van der Waals surface area contributed by atoms with Crippen LogP contribution in [0.4, 0.5) is 5.69 Å². The normalized spacial score (nSPS) is 10.1. The number of aromatic carboxylic acids is 1. The third kappa shape index (κ3) is 3.60. The van der Waals surface area contributed by atoms with E-state index in [1.54, 1.807) is 0 Å². The lowest BCUT2D eigenvalue weighted by Gasteiger charge is -2.09. The minimum atomic E-state index is -1.12. The van der Waals surface area contributed by atoms with Gasteiger partial charge in [0.05, 0.1) is 17.7 Å². The van der Waals surface area contributed by atoms with Gasteiger partial charge in [-0.2, -0.15) is 0 Å². The number of aromatic hydroxyl groups is 1. The topological polar surface area (TPSA) is 86.6 Å². The van der Waals surface area contributed by atoms with E-state index in [4.69, 9.17) is 5.11 Å². The van der Waals surface area contributed by atoms with Crippen LogP contribution >= 0.6 is 0 Å². The number of carbonyl (C=O) groups is 2. The van der Waals surface area contributed by atoms with E-state index in [2.05, 4.69) is 5.32 Å². The molecule has 2 rings (SSSR count). The van der Waals surface area contributed by atoms with Crippen LogP contribution in [-0.2, 0) is 11.2 Å². The number of carboxylic acid groups (broad SMARTS) is 1. The number of phenolic OH excluding ortho intramolecular Hbond substituents is 1. The van der Waals surface area contributed by atoms with Crippen LogP contribution in [0.3, 0.4) is 0 Å². The zero-order chi connectivity index (χ0) is 15.4. The second kappa shape index (κ2) is 6.09. The standard InChI is InChI=1S/C16H15NO4/c1-10-4-2-3-5-11(10)9-15(19)17-13-8-12(16(20)21)6-7-14(13)18/h2-8,18H,9H2,1H3,(H,17,19)(H,20,21). The van der Waals surface area contributed by atoms with Crippen LogP contribution in [0, 0.1) is 6.92 Å². The number of benzene rings is 2. The van der Waals surface area contributed by atoms with E-state index in [1.165, 1.54) is 18.2 Å². The van der Waals surface area contributed by atoms with Gasteiger partial charge in [0.2, 0.25) is 5.91 Å². The fraction of sp³-hybridized carbons (Fsp3) is 0.125. The average molecular weight is 285 g/mol. The Labute approximate surface area is 121 Å². The predicted molar refractivity (Wildman–Crippen MR) is 78.6 cm³/mol. The highest BCUT2D eigenvalue weighted by Gasteiger charge is 2.11. The van der Waals surface area contributed by atoms with Gasteiger partial charge in [0.25, 0.3) is 0 Å². The lowest BCUT2D eigenvalue weighted by Crippen LogP contribution is -2.15. The number of carboxylic acids is 1. The fourth-order valence-electron chi connectivity index (χ4n) is 1.95. The van der Waals surface area contributed by atoms with Crippen molar-refractivity contribution in [3.63, 3.8) is 0 Å². The summed E-state index contributed by atoms with van der Waals surface area (Å²) in [5.41, 5.74) is 1.97. The monoisotopic (exact) mass is 285 g/mol. The minimum absolute atomic E-state index is 0.000934. The zero-order valence-electron chi connectivity index (χ0n) is 11.5. The Kier molecular flexibility index (Phi) is 4.23. The predicted octanol–water partition coefficient (Wildman–Crippen LogP) is 2.58. The Balaban J connectivity index is 2.15. The van der Waals surface area contributed by atoms with Gasteiger partial charge in [-0.1, -0.05) is 24.3 Å². The Bertz CT molecular complexity index is 694. The summed E-state index contributed by atoms with van der Waals surface area (Å²) in [6.07, 6.45) is 0.156. The SMILES string of the molecule is Cc1ccccc1CC(=O)Nc1cc(C(=O)O)ccc1O. The van der Waals surface area contributed by atoms with Gasteiger partial charge in [-0.05, 0) is 36.2 Å². The van der Waals surface area contributed by atoms with Crippen LogP contribution in [0.15, 0.2) is 42.5 Å². The van der Waals surface area contributed by atoms with E-state index in [0.717, 1.165) is 11.1 Å². The molecule has 0 aromatic heterocycles. The maximum Gasteiger partial charge on any atom is 0.335 e. The van der Waals surface area contributed by atoms with Crippen molar-refractivity contribution in [1.29, 1.82) is 0 Å². The molecule has 0 aliphatic carbocycles. The van der Waals surface area contributed by atoms with E-state index in [1.807, 2.05) is 31.2 Å². The van der Waals surface area contributed by atoms with Crippen LogP contribution in [0.1, 0.15) is 21.5 Å². The Hall–Kier alpha value is -2.82. The molecule has 0 saturated carbocycles. The van der Waals surface area contributed by atoms with Crippen molar-refractivity contribution >= 4 is 17.6 Å². The van der Waals surface area contributed by atoms with Gasteiger partial charge in [0, 0.05) is 0 Å². The number of phenols is 1. The van der Waals surface area contributed by atoms with Crippen molar-refractivity contribution in [2.24, 2.45) is 0 Å². The maximum absolute atomic E-state index is 12.0. The van der Waals surface area contributed by atoms with Crippen LogP contribution in [0.5, 0.6) is 5.75 Å². The first kappa shape index (κ1) is 14.6. The first-order chi connectivity index (χ1) is 9.97. The highest BCUT2D eigenvalue weighted by Crippen LogP contribution is 2.24. The molecule has 108 valence electrons. The summed E-state index contributed by atoms with van der Waals surface area (Å²) in [4.78, 5) is 22.9. The molecule has 5 nitrogen and oxygen atoms in total. The number of nitrogens with one attached hydrogen (secondary N) is 1. The van der Waals surface area contributed by atoms with E-state index in [0.29, 0.717) is 0 Å². The molecule has 1 amide bonds. The smallest absolute Gasteiger partial charge is 0.335 e. The largest absolute Gasteiger partial charge is 0.506 e. The summed E-state index contributed by atoms with van der Waals surface area (Å²) in [6, 6.07) is 11.2. The number of anilines is 1. The Morgan fingerprint density at radius 2 is 1.86 bits per heavy atom. The van der Waals surface area contributed by atoms with Gasteiger partial charge >= 0.3 is 5.97 Å². The molecule has 0 aliphatic rings. The molecule has 0 fully saturated rings. The maximum atomic E-state index is 12.0. The quantitative estimate of drug-likeness (QED) is 0.753. The molecule has 0 unspecified atom stereocenters. The Morgan fingerprint density at radius 1 is 1.14 bits per heavy atom. The molecule has 0 bridgehead atoms. The first-order valence-electron chi connectivity index (χ1n) is 6.38. The van der Waals surface area contributed by atoms with Gasteiger partial charge in [-0.25, -0.2) is 4.79 Å². The molecule has 0 radical (unpaired) electrons. The third-order valence-electron chi connectivity index (χ3n) is 3.13. The third-order valence-corrected chi connectivity index (χ3v) is 3.13. The number of hydrogen-bond acceptors (Lipinski definition) is 3. The molecular weight excluding hydrogens is 270 g/mol. The van der Waals surface area contributed by atoms with Gasteiger partial charge in [-0.3, -0.25) is 4.79 Å². The Morgan fingerprint density at radius 3 is 2.52 bits per heavy atom. The van der Waals surface area contributed by atoms with Crippen molar-refractivity contribution < 1.29 is 19.8 Å². The second-order valence-corrected chi connectivity index (χ2v) is 4.69. The van der Waals surface area contributed by atoms with Gasteiger partial charge < -0.3 is 15.5 Å². The number of hydrogen-bond donors (Lipinski definition) is 3. The average Bonchev–Trinajstić information content (AvgIpc) is 2.43. The number of rotatable bonds is 4. The van der Waals surface area contributed by atoms with Crippen molar-refractivity contribution in [3.8, 4) is 5.75 Å². The van der Waals surface area contributed by atoms with Crippen LogP contribution in [-0.4, -0.2) is 22.1 Å². The van der Waals surface area contributed by atoms with Gasteiger partial charge in [-0.15, -0.1) is 0 Å². The number of aryl methyl sites for hydroxylation is 1. The molecule has 21 heavy (non-hydrogen) atoms. The number of carbonyl (C=O) groups excluding carboxylic acids is 1. The van der Waals surface area contributed by atoms with Gasteiger partial charge in [0.1, 0.15) is 5.75 Å². The van der Waals surface area contributed by atoms with Crippen molar-refractivity contribution in [2.75, 3.05) is 5.32 Å². The van der Waals surface area contributed by atoms with Crippen LogP contribution < -0.4 is 5.32 Å². The first-order valence-corrected chi connectivity index (χ1v) is 6.38. The summed E-state index contributed by atoms with van der Waals surface area (Å²) >= 11 is 0. The lowest BCUT2D eigenvalue weighted by molar-refractivity contribution is -0.115. The minimum Gasteiger partial charge on any atom is -0.506 e. The van der Waals surface area contributed by atoms with Crippen molar-refractivity contribution in [1.82, 2.24) is 0 Å². The van der Waals surface area contributed by atoms with Crippen molar-refractivity contribution in [3.05, 3.63) is 59.2 Å². The summed E-state index contributed by atoms with van der Waals surface area (Å²) in [6.45, 7) is 1.91. The second-order valence-electron chi connectivity index (χ2n) is 4.69. The summed E-state index contributed by atoms with van der Waals surface area (Å²) < 4.78 is 0. The van der Waals surface area contributed by atoms with E-state index in [9.17, 15) is 14.7 Å². The van der Waals surface area contributed by atoms with E-state index < -0.39 is 5.97 Å². The summed E-state index contributed by atoms with van der Waals surface area (Å²) in [7, 11) is 0. The molecule has 0 spiro atoms. The number of amides is 1. The highest BCUT2D eigenvalue weighted by atomic mass is 16.4. The molecular formula is C16H15NO4. The van der Waals surface area contributed by atoms with Gasteiger partial charge in [0.15, 0.2) is 0 Å². The van der Waals surface area contributed by atoms with E-state index in [-0.39, 0.29) is 29.3 Å². The van der Waals surface area contributed by atoms with Crippen LogP contribution in [0.25, 0.3) is 0 Å². The van der Waals surface area contributed by atoms with E-state index >= 15 is 0 Å². The molecule has 2 aromatic carbocycles. The molecule has 2 aromatic rings.